The lowest BCUT2D eigenvalue weighted by Gasteiger charge is -2.07. The van der Waals surface area contributed by atoms with E-state index in [1.54, 1.807) is 6.92 Å². The molecule has 2 fully saturated rings. The van der Waals surface area contributed by atoms with E-state index in [4.69, 9.17) is 4.74 Å². The molecule has 2 nitrogen and oxygen atoms in total. The maximum Gasteiger partial charge on any atom is 0.135 e. The van der Waals surface area contributed by atoms with Crippen LogP contribution in [0.4, 0.5) is 0 Å². The average Bonchev–Trinajstić information content (AvgIpc) is 2.60. The molecule has 1 saturated carbocycles. The molecule has 3 atom stereocenters. The number of Topliss-reactive ketones (excluding diaryl/α,β-unsaturated/α-hetero) is 1. The van der Waals surface area contributed by atoms with Gasteiger partial charge in [0.1, 0.15) is 5.78 Å². The van der Waals surface area contributed by atoms with Crippen LogP contribution in [0.2, 0.25) is 0 Å². The van der Waals surface area contributed by atoms with Gasteiger partial charge in [-0.3, -0.25) is 4.79 Å². The van der Waals surface area contributed by atoms with Crippen LogP contribution in [0.1, 0.15) is 19.8 Å². The van der Waals surface area contributed by atoms with Gasteiger partial charge in [-0.2, -0.15) is 0 Å². The van der Waals surface area contributed by atoms with E-state index in [1.165, 1.54) is 6.42 Å². The second-order valence-electron chi connectivity index (χ2n) is 3.28. The molecule has 56 valence electrons. The first kappa shape index (κ1) is 6.35. The molecular formula is C8H12O2. The number of fused-ring (bicyclic) bond motifs is 1. The Balaban J connectivity index is 1.99. The van der Waals surface area contributed by atoms with Crippen LogP contribution in [0.3, 0.4) is 0 Å². The number of carbonyl (C=O) groups excluding carboxylic acids is 1. The van der Waals surface area contributed by atoms with Crippen molar-refractivity contribution in [2.24, 2.45) is 11.8 Å². The smallest absolute Gasteiger partial charge is 0.135 e. The predicted molar refractivity (Wildman–Crippen MR) is 36.6 cm³/mol. The monoisotopic (exact) mass is 140 g/mol. The molecule has 0 aromatic heterocycles. The molecule has 1 saturated heterocycles. The Kier molecular flexibility index (Phi) is 1.31. The Morgan fingerprint density at radius 1 is 1.60 bits per heavy atom. The Bertz CT molecular complexity index is 153. The molecule has 0 bridgehead atoms. The van der Waals surface area contributed by atoms with Gasteiger partial charge in [0.05, 0.1) is 6.10 Å². The summed E-state index contributed by atoms with van der Waals surface area (Å²) in [4.78, 5) is 10.9. The summed E-state index contributed by atoms with van der Waals surface area (Å²) >= 11 is 0. The average molecular weight is 140 g/mol. The number of hydrogen-bond acceptors (Lipinski definition) is 2. The summed E-state index contributed by atoms with van der Waals surface area (Å²) in [5, 5.41) is 0. The van der Waals surface area contributed by atoms with Gasteiger partial charge < -0.3 is 4.74 Å². The van der Waals surface area contributed by atoms with Crippen LogP contribution in [0.25, 0.3) is 0 Å². The molecular weight excluding hydrogens is 128 g/mol. The number of ether oxygens (including phenoxy) is 1. The number of rotatable bonds is 1. The SMILES string of the molecule is CC(=O)C1C2CCCOC21. The van der Waals surface area contributed by atoms with Crippen LogP contribution in [0.15, 0.2) is 0 Å². The minimum atomic E-state index is 0.266. The second-order valence-corrected chi connectivity index (χ2v) is 3.28. The van der Waals surface area contributed by atoms with Gasteiger partial charge in [0.15, 0.2) is 0 Å². The van der Waals surface area contributed by atoms with Gasteiger partial charge in [-0.1, -0.05) is 0 Å². The van der Waals surface area contributed by atoms with Gasteiger partial charge in [-0.15, -0.1) is 0 Å². The highest BCUT2D eigenvalue weighted by Gasteiger charge is 2.54. The van der Waals surface area contributed by atoms with E-state index in [-0.39, 0.29) is 5.92 Å². The summed E-state index contributed by atoms with van der Waals surface area (Å²) in [6.07, 6.45) is 2.66. The Morgan fingerprint density at radius 3 is 2.90 bits per heavy atom. The fraction of sp³-hybridized carbons (Fsp3) is 0.875. The lowest BCUT2D eigenvalue weighted by atomic mass is 10.1. The van der Waals surface area contributed by atoms with Crippen LogP contribution in [0, 0.1) is 11.8 Å². The summed E-state index contributed by atoms with van der Waals surface area (Å²) in [5.74, 6) is 1.17. The number of ketones is 1. The Morgan fingerprint density at radius 2 is 2.40 bits per heavy atom. The van der Waals surface area contributed by atoms with Crippen molar-refractivity contribution < 1.29 is 9.53 Å². The van der Waals surface area contributed by atoms with Crippen molar-refractivity contribution in [1.82, 2.24) is 0 Å². The molecule has 2 rings (SSSR count). The molecule has 10 heavy (non-hydrogen) atoms. The van der Waals surface area contributed by atoms with Gasteiger partial charge in [0, 0.05) is 12.5 Å². The molecule has 1 aliphatic carbocycles. The molecule has 3 unspecified atom stereocenters. The van der Waals surface area contributed by atoms with Crippen LogP contribution in [-0.2, 0) is 9.53 Å². The summed E-state index contributed by atoms with van der Waals surface area (Å²) in [5.41, 5.74) is 0. The predicted octanol–water partition coefficient (Wildman–Crippen LogP) is 1.00. The van der Waals surface area contributed by atoms with Crippen LogP contribution < -0.4 is 0 Å². The zero-order chi connectivity index (χ0) is 7.14. The third-order valence-corrected chi connectivity index (χ3v) is 2.56. The first-order valence-corrected chi connectivity index (χ1v) is 3.93. The van der Waals surface area contributed by atoms with E-state index in [1.807, 2.05) is 0 Å². The highest BCUT2D eigenvalue weighted by Crippen LogP contribution is 2.48. The molecule has 0 amide bonds. The molecule has 0 aromatic carbocycles. The Labute approximate surface area is 60.6 Å². The van der Waals surface area contributed by atoms with E-state index in [0.29, 0.717) is 17.8 Å². The molecule has 1 aliphatic heterocycles. The van der Waals surface area contributed by atoms with Gasteiger partial charge in [-0.05, 0) is 25.7 Å². The minimum Gasteiger partial charge on any atom is -0.377 e. The highest BCUT2D eigenvalue weighted by atomic mass is 16.5. The first-order valence-electron chi connectivity index (χ1n) is 3.93. The molecule has 2 aliphatic rings. The molecule has 0 N–H and O–H groups in total. The van der Waals surface area contributed by atoms with Crippen molar-refractivity contribution in [3.05, 3.63) is 0 Å². The fourth-order valence-electron chi connectivity index (χ4n) is 1.98. The minimum absolute atomic E-state index is 0.266. The summed E-state index contributed by atoms with van der Waals surface area (Å²) < 4.78 is 5.40. The van der Waals surface area contributed by atoms with Crippen molar-refractivity contribution in [2.75, 3.05) is 6.61 Å². The lowest BCUT2D eigenvalue weighted by Crippen LogP contribution is -2.06. The van der Waals surface area contributed by atoms with Crippen molar-refractivity contribution in [1.29, 1.82) is 0 Å². The van der Waals surface area contributed by atoms with Crippen LogP contribution >= 0.6 is 0 Å². The normalized spacial score (nSPS) is 44.3. The van der Waals surface area contributed by atoms with E-state index in [9.17, 15) is 4.79 Å². The first-order chi connectivity index (χ1) is 4.80. The Hall–Kier alpha value is -0.370. The quantitative estimate of drug-likeness (QED) is 0.543. The molecule has 0 aromatic rings. The van der Waals surface area contributed by atoms with Crippen molar-refractivity contribution in [3.63, 3.8) is 0 Å². The van der Waals surface area contributed by atoms with Gasteiger partial charge in [0.25, 0.3) is 0 Å². The fourth-order valence-corrected chi connectivity index (χ4v) is 1.98. The van der Waals surface area contributed by atoms with E-state index in [2.05, 4.69) is 0 Å². The molecule has 1 heterocycles. The van der Waals surface area contributed by atoms with Crippen molar-refractivity contribution in [2.45, 2.75) is 25.9 Å². The molecule has 0 spiro atoms. The maximum absolute atomic E-state index is 10.9. The van der Waals surface area contributed by atoms with Gasteiger partial charge >= 0.3 is 0 Å². The number of hydrogen-bond donors (Lipinski definition) is 0. The van der Waals surface area contributed by atoms with Crippen LogP contribution in [0.5, 0.6) is 0 Å². The second kappa shape index (κ2) is 2.06. The number of carbonyl (C=O) groups is 1. The lowest BCUT2D eigenvalue weighted by molar-refractivity contribution is -0.119. The third kappa shape index (κ3) is 0.788. The summed E-state index contributed by atoms with van der Waals surface area (Å²) in [7, 11) is 0. The van der Waals surface area contributed by atoms with Crippen molar-refractivity contribution >= 4 is 5.78 Å². The van der Waals surface area contributed by atoms with E-state index < -0.39 is 0 Å². The standard InChI is InChI=1S/C8H12O2/c1-5(9)7-6-3-2-4-10-8(6)7/h6-8H,2-4H2,1H3. The van der Waals surface area contributed by atoms with E-state index in [0.717, 1.165) is 13.0 Å². The zero-order valence-corrected chi connectivity index (χ0v) is 6.17. The topological polar surface area (TPSA) is 26.3 Å². The maximum atomic E-state index is 10.9. The largest absolute Gasteiger partial charge is 0.377 e. The van der Waals surface area contributed by atoms with Gasteiger partial charge in [0.2, 0.25) is 0 Å². The third-order valence-electron chi connectivity index (χ3n) is 2.56. The summed E-state index contributed by atoms with van der Waals surface area (Å²) in [6, 6.07) is 0. The molecule has 2 heteroatoms. The van der Waals surface area contributed by atoms with Crippen molar-refractivity contribution in [3.8, 4) is 0 Å². The van der Waals surface area contributed by atoms with Gasteiger partial charge in [-0.25, -0.2) is 0 Å². The highest BCUT2D eigenvalue weighted by molar-refractivity contribution is 5.82. The summed E-state index contributed by atoms with van der Waals surface area (Å²) in [6.45, 7) is 2.54. The van der Waals surface area contributed by atoms with E-state index >= 15 is 0 Å². The van der Waals surface area contributed by atoms with Crippen LogP contribution in [-0.4, -0.2) is 18.5 Å². The zero-order valence-electron chi connectivity index (χ0n) is 6.17. The molecule has 0 radical (unpaired) electrons.